The largest absolute Gasteiger partial charge is 0.478 e. The van der Waals surface area contributed by atoms with Gasteiger partial charge in [-0.05, 0) is 41.1 Å². The van der Waals surface area contributed by atoms with Crippen LogP contribution in [-0.4, -0.2) is 24.5 Å². The second-order valence-corrected chi connectivity index (χ2v) is 7.46. The number of halogens is 1. The van der Waals surface area contributed by atoms with Crippen LogP contribution in [0.15, 0.2) is 32.4 Å². The van der Waals surface area contributed by atoms with Gasteiger partial charge in [0, 0.05) is 5.38 Å². The van der Waals surface area contributed by atoms with Gasteiger partial charge in [-0.15, -0.1) is 11.3 Å². The maximum absolute atomic E-state index is 12.1. The molecule has 0 atom stereocenters. The molecule has 0 bridgehead atoms. The molecule has 0 aliphatic carbocycles. The van der Waals surface area contributed by atoms with E-state index < -0.39 is 16.0 Å². The normalized spacial score (nSPS) is 11.3. The van der Waals surface area contributed by atoms with Crippen LogP contribution < -0.4 is 4.72 Å². The molecule has 0 amide bonds. The highest BCUT2D eigenvalue weighted by molar-refractivity contribution is 9.10. The Kier molecular flexibility index (Phi) is 4.11. The van der Waals surface area contributed by atoms with E-state index in [4.69, 9.17) is 5.11 Å². The molecule has 0 fully saturated rings. The summed E-state index contributed by atoms with van der Waals surface area (Å²) >= 11 is 4.04. The Morgan fingerprint density at radius 1 is 1.45 bits per heavy atom. The van der Waals surface area contributed by atoms with E-state index >= 15 is 0 Å². The Balaban J connectivity index is 2.33. The van der Waals surface area contributed by atoms with Crippen molar-refractivity contribution in [2.75, 3.05) is 4.72 Å². The van der Waals surface area contributed by atoms with E-state index in [0.717, 1.165) is 17.4 Å². The molecule has 2 rings (SSSR count). The maximum atomic E-state index is 12.1. The van der Waals surface area contributed by atoms with Crippen LogP contribution in [0.1, 0.15) is 16.1 Å². The first kappa shape index (κ1) is 14.9. The number of rotatable bonds is 4. The number of aromatic nitrogens is 1. The summed E-state index contributed by atoms with van der Waals surface area (Å²) in [5, 5.41) is 10.1. The quantitative estimate of drug-likeness (QED) is 0.799. The third-order valence-electron chi connectivity index (χ3n) is 2.38. The Morgan fingerprint density at radius 3 is 2.70 bits per heavy atom. The molecule has 0 aliphatic rings. The van der Waals surface area contributed by atoms with Gasteiger partial charge in [0.05, 0.1) is 16.9 Å². The SMILES string of the molecule is Cc1nc(Br)ccc1NS(=O)(=O)c1cc(C(=O)O)cs1. The van der Waals surface area contributed by atoms with Gasteiger partial charge >= 0.3 is 5.97 Å². The third-order valence-corrected chi connectivity index (χ3v) is 5.63. The van der Waals surface area contributed by atoms with Crippen molar-refractivity contribution in [3.8, 4) is 0 Å². The lowest BCUT2D eigenvalue weighted by Gasteiger charge is -2.08. The number of carboxylic acids is 1. The van der Waals surface area contributed by atoms with Crippen molar-refractivity contribution in [1.29, 1.82) is 0 Å². The fourth-order valence-electron chi connectivity index (χ4n) is 1.40. The Labute approximate surface area is 127 Å². The number of nitrogens with one attached hydrogen (secondary N) is 1. The molecule has 20 heavy (non-hydrogen) atoms. The average molecular weight is 377 g/mol. The summed E-state index contributed by atoms with van der Waals surface area (Å²) in [5.74, 6) is -1.16. The zero-order valence-electron chi connectivity index (χ0n) is 10.1. The topological polar surface area (TPSA) is 96.4 Å². The smallest absolute Gasteiger partial charge is 0.336 e. The predicted molar refractivity (Wildman–Crippen MR) is 78.8 cm³/mol. The minimum Gasteiger partial charge on any atom is -0.478 e. The van der Waals surface area contributed by atoms with Gasteiger partial charge < -0.3 is 5.11 Å². The summed E-state index contributed by atoms with van der Waals surface area (Å²) in [6, 6.07) is 4.31. The number of nitrogens with zero attached hydrogens (tertiary/aromatic N) is 1. The first-order chi connectivity index (χ1) is 9.29. The first-order valence-corrected chi connectivity index (χ1v) is 8.43. The van der Waals surface area contributed by atoms with Crippen molar-refractivity contribution < 1.29 is 18.3 Å². The average Bonchev–Trinajstić information content (AvgIpc) is 2.83. The standard InChI is InChI=1S/C11H9BrN2O4S2/c1-6-8(2-3-9(12)13-6)14-20(17,18)10-4-7(5-19-10)11(15)16/h2-5,14H,1H3,(H,15,16). The molecule has 0 spiro atoms. The van der Waals surface area contributed by atoms with Crippen molar-refractivity contribution in [2.45, 2.75) is 11.1 Å². The Hall–Kier alpha value is -1.45. The van der Waals surface area contributed by atoms with Crippen LogP contribution in [0.2, 0.25) is 0 Å². The predicted octanol–water partition coefficient (Wildman–Crippen LogP) is 2.71. The summed E-state index contributed by atoms with van der Waals surface area (Å²) in [4.78, 5) is 14.9. The van der Waals surface area contributed by atoms with Crippen LogP contribution in [0.4, 0.5) is 5.69 Å². The van der Waals surface area contributed by atoms with Gasteiger partial charge in [0.15, 0.2) is 0 Å². The lowest BCUT2D eigenvalue weighted by molar-refractivity contribution is 0.0697. The van der Waals surface area contributed by atoms with Crippen LogP contribution in [-0.2, 0) is 10.0 Å². The van der Waals surface area contributed by atoms with Gasteiger partial charge in [-0.2, -0.15) is 0 Å². The van der Waals surface area contributed by atoms with Crippen molar-refractivity contribution in [1.82, 2.24) is 4.98 Å². The summed E-state index contributed by atoms with van der Waals surface area (Å²) in [6.07, 6.45) is 0. The van der Waals surface area contributed by atoms with Crippen LogP contribution in [0, 0.1) is 6.92 Å². The highest BCUT2D eigenvalue weighted by Gasteiger charge is 2.20. The number of carbonyl (C=O) groups is 1. The lowest BCUT2D eigenvalue weighted by Crippen LogP contribution is -2.13. The Morgan fingerprint density at radius 2 is 2.15 bits per heavy atom. The molecule has 0 aliphatic heterocycles. The maximum Gasteiger partial charge on any atom is 0.336 e. The van der Waals surface area contributed by atoms with Crippen molar-refractivity contribution in [3.63, 3.8) is 0 Å². The number of pyridine rings is 1. The second kappa shape index (κ2) is 5.51. The molecule has 0 unspecified atom stereocenters. The zero-order chi connectivity index (χ0) is 14.9. The summed E-state index contributed by atoms with van der Waals surface area (Å²) < 4.78 is 27.2. The molecule has 0 aromatic carbocycles. The van der Waals surface area contributed by atoms with Gasteiger partial charge in [-0.1, -0.05) is 0 Å². The van der Waals surface area contributed by atoms with E-state index in [0.29, 0.717) is 16.0 Å². The summed E-state index contributed by atoms with van der Waals surface area (Å²) in [7, 11) is -3.81. The molecule has 6 nitrogen and oxygen atoms in total. The molecule has 9 heteroatoms. The molecule has 2 aromatic rings. The van der Waals surface area contributed by atoms with Crippen molar-refractivity contribution >= 4 is 48.9 Å². The van der Waals surface area contributed by atoms with E-state index in [-0.39, 0.29) is 9.77 Å². The van der Waals surface area contributed by atoms with E-state index in [9.17, 15) is 13.2 Å². The van der Waals surface area contributed by atoms with E-state index in [1.54, 1.807) is 19.1 Å². The first-order valence-electron chi connectivity index (χ1n) is 5.27. The van der Waals surface area contributed by atoms with Gasteiger partial charge in [0.25, 0.3) is 10.0 Å². The number of aromatic carboxylic acids is 1. The lowest BCUT2D eigenvalue weighted by atomic mass is 10.3. The van der Waals surface area contributed by atoms with Crippen LogP contribution in [0.25, 0.3) is 0 Å². The molecule has 106 valence electrons. The van der Waals surface area contributed by atoms with Crippen LogP contribution >= 0.6 is 27.3 Å². The molecule has 2 aromatic heterocycles. The van der Waals surface area contributed by atoms with Gasteiger partial charge in [0.2, 0.25) is 0 Å². The number of anilines is 1. The summed E-state index contributed by atoms with van der Waals surface area (Å²) in [6.45, 7) is 1.67. The number of thiophene rings is 1. The fourth-order valence-corrected chi connectivity index (χ4v) is 4.07. The summed E-state index contributed by atoms with van der Waals surface area (Å²) in [5.41, 5.74) is 0.803. The number of aryl methyl sites for hydroxylation is 1. The molecule has 0 saturated heterocycles. The number of sulfonamides is 1. The fraction of sp³-hybridized carbons (Fsp3) is 0.0909. The van der Waals surface area contributed by atoms with E-state index in [1.807, 2.05) is 0 Å². The zero-order valence-corrected chi connectivity index (χ0v) is 13.3. The number of hydrogen-bond donors (Lipinski definition) is 2. The van der Waals surface area contributed by atoms with Gasteiger partial charge in [-0.25, -0.2) is 18.2 Å². The molecular formula is C11H9BrN2O4S2. The molecular weight excluding hydrogens is 368 g/mol. The third kappa shape index (κ3) is 3.17. The number of hydrogen-bond acceptors (Lipinski definition) is 5. The molecule has 0 saturated carbocycles. The molecule has 2 N–H and O–H groups in total. The monoisotopic (exact) mass is 376 g/mol. The van der Waals surface area contributed by atoms with Crippen LogP contribution in [0.3, 0.4) is 0 Å². The molecule has 2 heterocycles. The number of carboxylic acid groups (broad SMARTS) is 1. The van der Waals surface area contributed by atoms with Crippen LogP contribution in [0.5, 0.6) is 0 Å². The van der Waals surface area contributed by atoms with Gasteiger partial charge in [0.1, 0.15) is 8.81 Å². The van der Waals surface area contributed by atoms with Crippen molar-refractivity contribution in [2.24, 2.45) is 0 Å². The highest BCUT2D eigenvalue weighted by Crippen LogP contribution is 2.24. The molecule has 0 radical (unpaired) electrons. The minimum absolute atomic E-state index is 0.0546. The van der Waals surface area contributed by atoms with Gasteiger partial charge in [-0.3, -0.25) is 4.72 Å². The minimum atomic E-state index is -3.81. The van der Waals surface area contributed by atoms with Crippen molar-refractivity contribution in [3.05, 3.63) is 39.4 Å². The Bertz CT molecular complexity index is 770. The van der Waals surface area contributed by atoms with E-state index in [1.165, 1.54) is 5.38 Å². The van der Waals surface area contributed by atoms with E-state index in [2.05, 4.69) is 25.6 Å². The highest BCUT2D eigenvalue weighted by atomic mass is 79.9. The second-order valence-electron chi connectivity index (χ2n) is 3.83.